The van der Waals surface area contributed by atoms with E-state index in [0.717, 1.165) is 5.56 Å². The minimum atomic E-state index is -0.741. The number of aliphatic hydroxyl groups is 2. The number of benzene rings is 2. The van der Waals surface area contributed by atoms with Crippen LogP contribution in [0.2, 0.25) is 0 Å². The van der Waals surface area contributed by atoms with E-state index in [-0.39, 0.29) is 24.5 Å². The molecule has 1 aliphatic heterocycles. The Morgan fingerprint density at radius 2 is 1.88 bits per heavy atom. The van der Waals surface area contributed by atoms with Crippen LogP contribution in [-0.4, -0.2) is 53.2 Å². The van der Waals surface area contributed by atoms with E-state index in [1.165, 1.54) is 4.90 Å². The van der Waals surface area contributed by atoms with E-state index < -0.39 is 17.7 Å². The first kappa shape index (κ1) is 25.3. The number of Topliss-reactive ketones (excluding diaryl/α,β-unsaturated/α-hetero) is 1. The Balaban J connectivity index is 2.07. The topological polar surface area (TPSA) is 96.3 Å². The van der Waals surface area contributed by atoms with E-state index >= 15 is 0 Å². The standard InChI is InChI=1S/C27H33NO6/c1-5-11-28-24(19-7-6-8-21(15-19)33-13-12-29)23(26(31)27(28)32)25(30)20-9-10-22(18(4)14-20)34-16-17(2)3/h6-10,14-15,17,24,29-30H,5,11-13,16H2,1-4H3/b25-23+. The number of ketones is 1. The zero-order valence-electron chi connectivity index (χ0n) is 20.2. The van der Waals surface area contributed by atoms with E-state index in [1.54, 1.807) is 42.5 Å². The summed E-state index contributed by atoms with van der Waals surface area (Å²) in [6, 6.07) is 11.5. The minimum absolute atomic E-state index is 0.0491. The Labute approximate surface area is 200 Å². The molecular weight excluding hydrogens is 434 g/mol. The highest BCUT2D eigenvalue weighted by molar-refractivity contribution is 6.46. The van der Waals surface area contributed by atoms with Gasteiger partial charge in [0.2, 0.25) is 0 Å². The number of carbonyl (C=O) groups is 2. The third-order valence-corrected chi connectivity index (χ3v) is 5.56. The van der Waals surface area contributed by atoms with Crippen LogP contribution in [-0.2, 0) is 9.59 Å². The molecule has 0 spiro atoms. The lowest BCUT2D eigenvalue weighted by molar-refractivity contribution is -0.139. The van der Waals surface area contributed by atoms with Gasteiger partial charge in [0, 0.05) is 12.1 Å². The first-order chi connectivity index (χ1) is 16.3. The number of rotatable bonds is 10. The van der Waals surface area contributed by atoms with Crippen LogP contribution in [0.4, 0.5) is 0 Å². The van der Waals surface area contributed by atoms with Crippen molar-refractivity contribution in [2.24, 2.45) is 5.92 Å². The molecule has 1 unspecified atom stereocenters. The smallest absolute Gasteiger partial charge is 0.295 e. The van der Waals surface area contributed by atoms with E-state index in [9.17, 15) is 14.7 Å². The van der Waals surface area contributed by atoms with Crippen LogP contribution < -0.4 is 9.47 Å². The second kappa shape index (κ2) is 11.2. The molecule has 1 saturated heterocycles. The van der Waals surface area contributed by atoms with Crippen molar-refractivity contribution in [2.45, 2.75) is 40.2 Å². The van der Waals surface area contributed by atoms with Crippen molar-refractivity contribution in [1.29, 1.82) is 0 Å². The molecule has 2 aromatic carbocycles. The molecule has 0 aliphatic carbocycles. The first-order valence-electron chi connectivity index (χ1n) is 11.6. The number of hydrogen-bond acceptors (Lipinski definition) is 6. The molecule has 0 aromatic heterocycles. The number of aryl methyl sites for hydroxylation is 1. The molecule has 7 nitrogen and oxygen atoms in total. The summed E-state index contributed by atoms with van der Waals surface area (Å²) in [6.07, 6.45) is 0.658. The van der Waals surface area contributed by atoms with Crippen molar-refractivity contribution in [2.75, 3.05) is 26.4 Å². The molecule has 7 heteroatoms. The first-order valence-corrected chi connectivity index (χ1v) is 11.6. The zero-order valence-corrected chi connectivity index (χ0v) is 20.2. The molecule has 1 fully saturated rings. The normalized spacial score (nSPS) is 17.5. The van der Waals surface area contributed by atoms with Crippen LogP contribution >= 0.6 is 0 Å². The van der Waals surface area contributed by atoms with Crippen molar-refractivity contribution in [3.8, 4) is 11.5 Å². The molecule has 0 saturated carbocycles. The summed E-state index contributed by atoms with van der Waals surface area (Å²) in [7, 11) is 0. The Bertz CT molecular complexity index is 1070. The van der Waals surface area contributed by atoms with Crippen LogP contribution in [0.25, 0.3) is 5.76 Å². The van der Waals surface area contributed by atoms with Gasteiger partial charge in [0.1, 0.15) is 23.9 Å². The summed E-state index contributed by atoms with van der Waals surface area (Å²) in [5, 5.41) is 20.3. The Morgan fingerprint density at radius 3 is 2.53 bits per heavy atom. The monoisotopic (exact) mass is 467 g/mol. The van der Waals surface area contributed by atoms with Crippen molar-refractivity contribution in [1.82, 2.24) is 4.90 Å². The Hall–Kier alpha value is -3.32. The lowest BCUT2D eigenvalue weighted by Crippen LogP contribution is -2.30. The second-order valence-corrected chi connectivity index (χ2v) is 8.82. The Kier molecular flexibility index (Phi) is 8.34. The number of aliphatic hydroxyl groups excluding tert-OH is 2. The van der Waals surface area contributed by atoms with E-state index in [0.29, 0.717) is 48.1 Å². The van der Waals surface area contributed by atoms with Gasteiger partial charge in [-0.2, -0.15) is 0 Å². The predicted molar refractivity (Wildman–Crippen MR) is 130 cm³/mol. The van der Waals surface area contributed by atoms with Crippen molar-refractivity contribution in [3.63, 3.8) is 0 Å². The summed E-state index contributed by atoms with van der Waals surface area (Å²) in [5.41, 5.74) is 1.97. The van der Waals surface area contributed by atoms with Crippen LogP contribution in [0.1, 0.15) is 49.9 Å². The molecule has 2 aromatic rings. The molecule has 1 atom stereocenters. The van der Waals surface area contributed by atoms with Gasteiger partial charge in [-0.15, -0.1) is 0 Å². The third-order valence-electron chi connectivity index (χ3n) is 5.56. The average Bonchev–Trinajstić information content (AvgIpc) is 3.06. The van der Waals surface area contributed by atoms with Gasteiger partial charge in [0.25, 0.3) is 11.7 Å². The Morgan fingerprint density at radius 1 is 1.12 bits per heavy atom. The number of amides is 1. The molecule has 0 bridgehead atoms. The lowest BCUT2D eigenvalue weighted by Gasteiger charge is -2.25. The summed E-state index contributed by atoms with van der Waals surface area (Å²) in [5.74, 6) is 0.0264. The number of nitrogens with zero attached hydrogens (tertiary/aromatic N) is 1. The number of ether oxygens (including phenoxy) is 2. The van der Waals surface area contributed by atoms with Crippen LogP contribution in [0, 0.1) is 12.8 Å². The van der Waals surface area contributed by atoms with Gasteiger partial charge in [0.05, 0.1) is 24.8 Å². The lowest BCUT2D eigenvalue weighted by atomic mass is 9.94. The molecule has 1 heterocycles. The summed E-state index contributed by atoms with van der Waals surface area (Å²) >= 11 is 0. The summed E-state index contributed by atoms with van der Waals surface area (Å²) in [4.78, 5) is 27.5. The highest BCUT2D eigenvalue weighted by Crippen LogP contribution is 2.40. The fourth-order valence-corrected chi connectivity index (χ4v) is 4.01. The van der Waals surface area contributed by atoms with Gasteiger partial charge in [-0.3, -0.25) is 9.59 Å². The number of carbonyl (C=O) groups excluding carboxylic acids is 2. The summed E-state index contributed by atoms with van der Waals surface area (Å²) < 4.78 is 11.3. The maximum atomic E-state index is 13.1. The van der Waals surface area contributed by atoms with Gasteiger partial charge in [-0.1, -0.05) is 32.9 Å². The molecule has 0 radical (unpaired) electrons. The molecule has 3 rings (SSSR count). The fourth-order valence-electron chi connectivity index (χ4n) is 4.01. The van der Waals surface area contributed by atoms with E-state index in [2.05, 4.69) is 13.8 Å². The fraction of sp³-hybridized carbons (Fsp3) is 0.407. The van der Waals surface area contributed by atoms with Crippen molar-refractivity contribution in [3.05, 3.63) is 64.7 Å². The predicted octanol–water partition coefficient (Wildman–Crippen LogP) is 4.23. The average molecular weight is 468 g/mol. The number of likely N-dealkylation sites (tertiary alicyclic amines) is 1. The number of hydrogen-bond donors (Lipinski definition) is 2. The van der Waals surface area contributed by atoms with Crippen LogP contribution in [0.3, 0.4) is 0 Å². The largest absolute Gasteiger partial charge is 0.507 e. The minimum Gasteiger partial charge on any atom is -0.507 e. The van der Waals surface area contributed by atoms with Crippen molar-refractivity contribution >= 4 is 17.4 Å². The maximum absolute atomic E-state index is 13.1. The van der Waals surface area contributed by atoms with Crippen LogP contribution in [0.15, 0.2) is 48.0 Å². The highest BCUT2D eigenvalue weighted by atomic mass is 16.5. The van der Waals surface area contributed by atoms with Gasteiger partial charge in [0.15, 0.2) is 0 Å². The van der Waals surface area contributed by atoms with Crippen LogP contribution in [0.5, 0.6) is 11.5 Å². The maximum Gasteiger partial charge on any atom is 0.295 e. The third kappa shape index (κ3) is 5.42. The summed E-state index contributed by atoms with van der Waals surface area (Å²) in [6.45, 7) is 8.87. The molecule has 34 heavy (non-hydrogen) atoms. The molecule has 1 aliphatic rings. The SMILES string of the molecule is CCCN1C(=O)C(=O)/C(=C(/O)c2ccc(OCC(C)C)c(C)c2)C1c1cccc(OCCO)c1. The quantitative estimate of drug-likeness (QED) is 0.308. The molecule has 2 N–H and O–H groups in total. The van der Waals surface area contributed by atoms with E-state index in [4.69, 9.17) is 14.6 Å². The van der Waals surface area contributed by atoms with E-state index in [1.807, 2.05) is 13.8 Å². The molecule has 182 valence electrons. The van der Waals surface area contributed by atoms with Gasteiger partial charge >= 0.3 is 0 Å². The zero-order chi connectivity index (χ0) is 24.8. The molecule has 1 amide bonds. The van der Waals surface area contributed by atoms with Gasteiger partial charge < -0.3 is 24.6 Å². The van der Waals surface area contributed by atoms with Gasteiger partial charge in [-0.25, -0.2) is 0 Å². The van der Waals surface area contributed by atoms with Crippen molar-refractivity contribution < 1.29 is 29.3 Å². The molecular formula is C27H33NO6. The van der Waals surface area contributed by atoms with Gasteiger partial charge in [-0.05, 0) is 60.7 Å². The second-order valence-electron chi connectivity index (χ2n) is 8.82. The highest BCUT2D eigenvalue weighted by Gasteiger charge is 2.45.